The van der Waals surface area contributed by atoms with Gasteiger partial charge in [0.2, 0.25) is 5.91 Å². The lowest BCUT2D eigenvalue weighted by Crippen LogP contribution is -2.42. The molecule has 20 heavy (non-hydrogen) atoms. The van der Waals surface area contributed by atoms with Crippen molar-refractivity contribution in [3.05, 3.63) is 29.8 Å². The van der Waals surface area contributed by atoms with Gasteiger partial charge in [-0.15, -0.1) is 0 Å². The lowest BCUT2D eigenvalue weighted by atomic mass is 10.1. The number of benzene rings is 1. The zero-order chi connectivity index (χ0) is 14.8. The minimum atomic E-state index is -0.369. The second-order valence-electron chi connectivity index (χ2n) is 5.54. The van der Waals surface area contributed by atoms with Crippen molar-refractivity contribution >= 4 is 5.91 Å². The summed E-state index contributed by atoms with van der Waals surface area (Å²) in [6.45, 7) is 4.86. The van der Waals surface area contributed by atoms with Crippen LogP contribution < -0.4 is 10.1 Å². The molecule has 0 spiro atoms. The van der Waals surface area contributed by atoms with E-state index in [-0.39, 0.29) is 17.7 Å². The van der Waals surface area contributed by atoms with E-state index in [9.17, 15) is 4.79 Å². The molecule has 0 bridgehead atoms. The first kappa shape index (κ1) is 14.8. The molecule has 1 heterocycles. The summed E-state index contributed by atoms with van der Waals surface area (Å²) in [6, 6.07) is 7.75. The van der Waals surface area contributed by atoms with Crippen molar-refractivity contribution in [2.24, 2.45) is 0 Å². The summed E-state index contributed by atoms with van der Waals surface area (Å²) in [5.41, 5.74) is 0.676. The van der Waals surface area contributed by atoms with Crippen LogP contribution in [-0.4, -0.2) is 43.7 Å². The van der Waals surface area contributed by atoms with Crippen LogP contribution in [0.2, 0.25) is 0 Å². The highest BCUT2D eigenvalue weighted by Gasteiger charge is 2.35. The Morgan fingerprint density at radius 1 is 1.30 bits per heavy atom. The van der Waals surface area contributed by atoms with E-state index in [1.54, 1.807) is 14.2 Å². The van der Waals surface area contributed by atoms with Crippen LogP contribution in [-0.2, 0) is 9.53 Å². The largest absolute Gasteiger partial charge is 0.497 e. The average molecular weight is 278 g/mol. The number of ether oxygens (including phenoxy) is 2. The Morgan fingerprint density at radius 2 is 1.95 bits per heavy atom. The van der Waals surface area contributed by atoms with Crippen molar-refractivity contribution in [2.75, 3.05) is 27.3 Å². The van der Waals surface area contributed by atoms with Crippen LogP contribution >= 0.6 is 0 Å². The highest BCUT2D eigenvalue weighted by atomic mass is 16.5. The first-order valence-corrected chi connectivity index (χ1v) is 6.69. The van der Waals surface area contributed by atoms with E-state index in [4.69, 9.17) is 9.47 Å². The molecule has 5 heteroatoms. The summed E-state index contributed by atoms with van der Waals surface area (Å²) in [5, 5.41) is 3.24. The molecule has 0 aromatic heterocycles. The van der Waals surface area contributed by atoms with Gasteiger partial charge in [0.15, 0.2) is 0 Å². The molecule has 5 nitrogen and oxygen atoms in total. The molecule has 1 unspecified atom stereocenters. The first-order valence-electron chi connectivity index (χ1n) is 6.69. The third kappa shape index (κ3) is 3.11. The number of methoxy groups -OCH3 is 2. The first-order chi connectivity index (χ1) is 9.46. The zero-order valence-electron chi connectivity index (χ0n) is 12.5. The quantitative estimate of drug-likeness (QED) is 0.888. The number of rotatable bonds is 5. The normalized spacial score (nSPS) is 19.5. The Bertz CT molecular complexity index is 471. The van der Waals surface area contributed by atoms with Gasteiger partial charge in [0.25, 0.3) is 0 Å². The number of carbonyl (C=O) groups is 1. The Hall–Kier alpha value is -1.59. The molecule has 0 saturated carbocycles. The maximum atomic E-state index is 12.1. The van der Waals surface area contributed by atoms with Crippen LogP contribution in [0.5, 0.6) is 5.75 Å². The summed E-state index contributed by atoms with van der Waals surface area (Å²) in [5.74, 6) is 0.901. The standard InChI is InChI=1S/C15H22N2O3/c1-15(2,20-4)10-17-13(18)9-16-14(17)11-5-7-12(19-3)8-6-11/h5-8,14,16H,9-10H2,1-4H3. The zero-order valence-corrected chi connectivity index (χ0v) is 12.5. The molecular formula is C15H22N2O3. The van der Waals surface area contributed by atoms with Gasteiger partial charge in [0.1, 0.15) is 11.9 Å². The molecule has 1 fully saturated rings. The van der Waals surface area contributed by atoms with Crippen molar-refractivity contribution in [3.63, 3.8) is 0 Å². The topological polar surface area (TPSA) is 50.8 Å². The highest BCUT2D eigenvalue weighted by molar-refractivity contribution is 5.81. The fourth-order valence-electron chi connectivity index (χ4n) is 2.28. The van der Waals surface area contributed by atoms with Crippen molar-refractivity contribution in [2.45, 2.75) is 25.6 Å². The SMILES string of the molecule is COc1ccc(C2NCC(=O)N2CC(C)(C)OC)cc1. The van der Waals surface area contributed by atoms with E-state index in [2.05, 4.69) is 5.32 Å². The van der Waals surface area contributed by atoms with Crippen LogP contribution in [0, 0.1) is 0 Å². The molecule has 0 radical (unpaired) electrons. The maximum Gasteiger partial charge on any atom is 0.238 e. The van der Waals surface area contributed by atoms with Gasteiger partial charge >= 0.3 is 0 Å². The molecular weight excluding hydrogens is 256 g/mol. The summed E-state index contributed by atoms with van der Waals surface area (Å²) >= 11 is 0. The van der Waals surface area contributed by atoms with Gasteiger partial charge in [-0.1, -0.05) is 12.1 Å². The molecule has 110 valence electrons. The second kappa shape index (κ2) is 5.81. The molecule has 0 aliphatic carbocycles. The van der Waals surface area contributed by atoms with E-state index >= 15 is 0 Å². The number of nitrogens with one attached hydrogen (secondary N) is 1. The predicted octanol–water partition coefficient (Wildman–Crippen LogP) is 1.55. The highest BCUT2D eigenvalue weighted by Crippen LogP contribution is 2.26. The molecule has 1 amide bonds. The van der Waals surface area contributed by atoms with E-state index in [0.29, 0.717) is 13.1 Å². The summed E-state index contributed by atoms with van der Waals surface area (Å²) in [7, 11) is 3.30. The number of hydrogen-bond donors (Lipinski definition) is 1. The third-order valence-electron chi connectivity index (χ3n) is 3.61. The van der Waals surface area contributed by atoms with E-state index < -0.39 is 0 Å². The Balaban J connectivity index is 2.18. The molecule has 2 rings (SSSR count). The van der Waals surface area contributed by atoms with Crippen molar-refractivity contribution in [3.8, 4) is 5.75 Å². The van der Waals surface area contributed by atoms with Crippen molar-refractivity contribution in [1.82, 2.24) is 10.2 Å². The van der Waals surface area contributed by atoms with Gasteiger partial charge in [0.05, 0.1) is 25.8 Å². The van der Waals surface area contributed by atoms with Gasteiger partial charge in [-0.2, -0.15) is 0 Å². The number of hydrogen-bond acceptors (Lipinski definition) is 4. The van der Waals surface area contributed by atoms with Crippen LogP contribution in [0.4, 0.5) is 0 Å². The number of carbonyl (C=O) groups excluding carboxylic acids is 1. The average Bonchev–Trinajstić information content (AvgIpc) is 2.80. The lowest BCUT2D eigenvalue weighted by molar-refractivity contribution is -0.131. The minimum absolute atomic E-state index is 0.0935. The second-order valence-corrected chi connectivity index (χ2v) is 5.54. The van der Waals surface area contributed by atoms with Crippen LogP contribution in [0.3, 0.4) is 0 Å². The summed E-state index contributed by atoms with van der Waals surface area (Å²) in [4.78, 5) is 13.9. The van der Waals surface area contributed by atoms with E-state index in [0.717, 1.165) is 11.3 Å². The van der Waals surface area contributed by atoms with Gasteiger partial charge < -0.3 is 14.4 Å². The molecule has 1 aromatic rings. The Labute approximate surface area is 119 Å². The molecule has 1 N–H and O–H groups in total. The van der Waals surface area contributed by atoms with E-state index in [1.807, 2.05) is 43.0 Å². The third-order valence-corrected chi connectivity index (χ3v) is 3.61. The van der Waals surface area contributed by atoms with E-state index in [1.165, 1.54) is 0 Å². The summed E-state index contributed by atoms with van der Waals surface area (Å²) in [6.07, 6.45) is -0.108. The monoisotopic (exact) mass is 278 g/mol. The van der Waals surface area contributed by atoms with Crippen LogP contribution in [0.25, 0.3) is 0 Å². The number of amides is 1. The molecule has 1 aromatic carbocycles. The molecule has 1 aliphatic rings. The summed E-state index contributed by atoms with van der Waals surface area (Å²) < 4.78 is 10.6. The Morgan fingerprint density at radius 3 is 2.50 bits per heavy atom. The Kier molecular flexibility index (Phi) is 4.30. The lowest BCUT2D eigenvalue weighted by Gasteiger charge is -2.32. The molecule has 1 saturated heterocycles. The smallest absolute Gasteiger partial charge is 0.238 e. The van der Waals surface area contributed by atoms with Gasteiger partial charge in [-0.05, 0) is 31.5 Å². The van der Waals surface area contributed by atoms with Gasteiger partial charge in [0, 0.05) is 7.11 Å². The minimum Gasteiger partial charge on any atom is -0.497 e. The van der Waals surface area contributed by atoms with Crippen molar-refractivity contribution < 1.29 is 14.3 Å². The fraction of sp³-hybridized carbons (Fsp3) is 0.533. The van der Waals surface area contributed by atoms with Gasteiger partial charge in [-0.3, -0.25) is 10.1 Å². The fourth-order valence-corrected chi connectivity index (χ4v) is 2.28. The van der Waals surface area contributed by atoms with Gasteiger partial charge in [-0.25, -0.2) is 0 Å². The predicted molar refractivity (Wildman–Crippen MR) is 76.5 cm³/mol. The molecule has 1 atom stereocenters. The molecule has 1 aliphatic heterocycles. The van der Waals surface area contributed by atoms with Crippen LogP contribution in [0.15, 0.2) is 24.3 Å². The number of nitrogens with zero attached hydrogens (tertiary/aromatic N) is 1. The van der Waals surface area contributed by atoms with Crippen LogP contribution in [0.1, 0.15) is 25.6 Å². The maximum absolute atomic E-state index is 12.1. The van der Waals surface area contributed by atoms with Crippen molar-refractivity contribution in [1.29, 1.82) is 0 Å².